The SMILES string of the molecule is C=C[C@](C)(/C=C/CCCCOC(C)(C)C)[Si](C)(C)c1ccccc1. The molecule has 1 rings (SSSR count). The molecule has 134 valence electrons. The third-order valence-corrected chi connectivity index (χ3v) is 9.87. The summed E-state index contributed by atoms with van der Waals surface area (Å²) in [7, 11) is -1.66. The number of unbranched alkanes of at least 4 members (excludes halogenated alkanes) is 2. The maximum atomic E-state index is 5.78. The normalized spacial score (nSPS) is 15.4. The number of ether oxygens (including phenoxy) is 1. The van der Waals surface area contributed by atoms with E-state index in [2.05, 4.69) is 95.9 Å². The Morgan fingerprint density at radius 3 is 2.21 bits per heavy atom. The first-order chi connectivity index (χ1) is 11.1. The minimum atomic E-state index is -1.66. The Labute approximate surface area is 150 Å². The van der Waals surface area contributed by atoms with Crippen LogP contribution in [0.4, 0.5) is 0 Å². The van der Waals surface area contributed by atoms with Gasteiger partial charge in [0.2, 0.25) is 0 Å². The van der Waals surface area contributed by atoms with E-state index in [1.54, 1.807) is 0 Å². The van der Waals surface area contributed by atoms with Gasteiger partial charge in [-0.05, 0) is 40.0 Å². The van der Waals surface area contributed by atoms with Gasteiger partial charge in [0.25, 0.3) is 0 Å². The van der Waals surface area contributed by atoms with Gasteiger partial charge in [0.15, 0.2) is 0 Å². The van der Waals surface area contributed by atoms with Crippen LogP contribution in [0.2, 0.25) is 18.1 Å². The van der Waals surface area contributed by atoms with Crippen molar-refractivity contribution in [2.24, 2.45) is 0 Å². The Hall–Kier alpha value is -1.12. The summed E-state index contributed by atoms with van der Waals surface area (Å²) in [6.45, 7) is 18.5. The van der Waals surface area contributed by atoms with Crippen LogP contribution in [0.5, 0.6) is 0 Å². The third kappa shape index (κ3) is 6.07. The zero-order valence-corrected chi connectivity index (χ0v) is 17.6. The second-order valence-corrected chi connectivity index (χ2v) is 13.2. The summed E-state index contributed by atoms with van der Waals surface area (Å²) in [4.78, 5) is 0. The van der Waals surface area contributed by atoms with Crippen molar-refractivity contribution in [3.05, 3.63) is 55.1 Å². The fourth-order valence-electron chi connectivity index (χ4n) is 2.77. The van der Waals surface area contributed by atoms with E-state index in [4.69, 9.17) is 4.74 Å². The summed E-state index contributed by atoms with van der Waals surface area (Å²) in [5.41, 5.74) is -0.0252. The van der Waals surface area contributed by atoms with Gasteiger partial charge in [-0.15, -0.1) is 6.58 Å². The first-order valence-corrected chi connectivity index (χ1v) is 12.1. The van der Waals surface area contributed by atoms with Crippen LogP contribution < -0.4 is 5.19 Å². The fourth-order valence-corrected chi connectivity index (χ4v) is 5.46. The minimum Gasteiger partial charge on any atom is -0.376 e. The Bertz CT molecular complexity index is 525. The topological polar surface area (TPSA) is 9.23 Å². The molecule has 0 aliphatic rings. The van der Waals surface area contributed by atoms with Gasteiger partial charge in [0.1, 0.15) is 0 Å². The van der Waals surface area contributed by atoms with Gasteiger partial charge >= 0.3 is 0 Å². The summed E-state index contributed by atoms with van der Waals surface area (Å²) in [5.74, 6) is 0. The van der Waals surface area contributed by atoms with Crippen LogP contribution in [0.25, 0.3) is 0 Å². The average Bonchev–Trinajstić information content (AvgIpc) is 2.53. The van der Waals surface area contributed by atoms with Gasteiger partial charge in [0, 0.05) is 11.6 Å². The first-order valence-electron chi connectivity index (χ1n) is 9.13. The highest BCUT2D eigenvalue weighted by atomic mass is 28.3. The van der Waals surface area contributed by atoms with Crippen LogP contribution in [-0.2, 0) is 4.74 Å². The summed E-state index contributed by atoms with van der Waals surface area (Å²) < 4.78 is 5.78. The largest absolute Gasteiger partial charge is 0.376 e. The fraction of sp³-hybridized carbons (Fsp3) is 0.545. The summed E-state index contributed by atoms with van der Waals surface area (Å²) in [6.07, 6.45) is 10.3. The van der Waals surface area contributed by atoms with E-state index in [1.807, 2.05) is 0 Å². The van der Waals surface area contributed by atoms with Gasteiger partial charge in [-0.2, -0.15) is 0 Å². The zero-order chi connectivity index (χ0) is 18.3. The highest BCUT2D eigenvalue weighted by molar-refractivity contribution is 6.93. The Morgan fingerprint density at radius 2 is 1.67 bits per heavy atom. The predicted molar refractivity (Wildman–Crippen MR) is 111 cm³/mol. The second-order valence-electron chi connectivity index (χ2n) is 8.34. The molecule has 2 heteroatoms. The van der Waals surface area contributed by atoms with Crippen molar-refractivity contribution in [2.75, 3.05) is 6.61 Å². The van der Waals surface area contributed by atoms with E-state index in [0.717, 1.165) is 19.4 Å². The van der Waals surface area contributed by atoms with Crippen LogP contribution in [0, 0.1) is 0 Å². The molecule has 0 radical (unpaired) electrons. The molecule has 24 heavy (non-hydrogen) atoms. The molecule has 1 nitrogen and oxygen atoms in total. The van der Waals surface area contributed by atoms with Crippen molar-refractivity contribution >= 4 is 13.3 Å². The monoisotopic (exact) mass is 344 g/mol. The summed E-state index contributed by atoms with van der Waals surface area (Å²) in [5, 5.41) is 1.55. The molecule has 0 saturated carbocycles. The molecule has 0 bridgehead atoms. The molecule has 0 fully saturated rings. The van der Waals surface area contributed by atoms with E-state index in [9.17, 15) is 0 Å². The lowest BCUT2D eigenvalue weighted by Crippen LogP contribution is -2.50. The smallest absolute Gasteiger partial charge is 0.0942 e. The van der Waals surface area contributed by atoms with Gasteiger partial charge in [-0.1, -0.05) is 73.8 Å². The molecule has 0 amide bonds. The zero-order valence-electron chi connectivity index (χ0n) is 16.6. The summed E-state index contributed by atoms with van der Waals surface area (Å²) in [6, 6.07) is 10.9. The van der Waals surface area contributed by atoms with Crippen molar-refractivity contribution in [3.8, 4) is 0 Å². The standard InChI is InChI=1S/C22H36OSi/c1-8-22(5,24(6,7)20-16-12-11-13-17-20)18-14-9-10-15-19-23-21(2,3)4/h8,11-14,16-18H,1,9-10,15,19H2,2-7H3/b18-14+/t22-/m1/s1. The molecule has 0 spiro atoms. The van der Waals surface area contributed by atoms with Crippen LogP contribution >= 0.6 is 0 Å². The van der Waals surface area contributed by atoms with Gasteiger partial charge < -0.3 is 4.74 Å². The van der Waals surface area contributed by atoms with Crippen LogP contribution in [-0.4, -0.2) is 20.3 Å². The average molecular weight is 345 g/mol. The van der Waals surface area contributed by atoms with Crippen molar-refractivity contribution in [3.63, 3.8) is 0 Å². The molecule has 0 aliphatic heterocycles. The molecule has 0 N–H and O–H groups in total. The molecular formula is C22H36OSi. The van der Waals surface area contributed by atoms with Crippen molar-refractivity contribution in [1.29, 1.82) is 0 Å². The molecule has 0 unspecified atom stereocenters. The number of allylic oxidation sites excluding steroid dienone is 3. The first kappa shape index (κ1) is 20.9. The van der Waals surface area contributed by atoms with Crippen LogP contribution in [0.3, 0.4) is 0 Å². The maximum absolute atomic E-state index is 5.78. The van der Waals surface area contributed by atoms with E-state index < -0.39 is 8.07 Å². The molecule has 0 aromatic heterocycles. The van der Waals surface area contributed by atoms with E-state index in [1.165, 1.54) is 11.6 Å². The Morgan fingerprint density at radius 1 is 1.04 bits per heavy atom. The Kier molecular flexibility index (Phi) is 7.69. The van der Waals surface area contributed by atoms with Gasteiger partial charge in [-0.3, -0.25) is 0 Å². The lowest BCUT2D eigenvalue weighted by atomic mass is 10.1. The van der Waals surface area contributed by atoms with E-state index in [-0.39, 0.29) is 10.6 Å². The van der Waals surface area contributed by atoms with E-state index >= 15 is 0 Å². The van der Waals surface area contributed by atoms with Crippen molar-refractivity contribution in [2.45, 2.75) is 70.7 Å². The molecular weight excluding hydrogens is 308 g/mol. The lowest BCUT2D eigenvalue weighted by Gasteiger charge is -2.39. The number of benzene rings is 1. The van der Waals surface area contributed by atoms with Crippen molar-refractivity contribution < 1.29 is 4.74 Å². The molecule has 0 heterocycles. The predicted octanol–water partition coefficient (Wildman–Crippen LogP) is 6.09. The molecule has 0 saturated heterocycles. The maximum Gasteiger partial charge on any atom is 0.0942 e. The van der Waals surface area contributed by atoms with Crippen LogP contribution in [0.1, 0.15) is 47.0 Å². The lowest BCUT2D eigenvalue weighted by molar-refractivity contribution is -0.00447. The Balaban J connectivity index is 2.60. The van der Waals surface area contributed by atoms with Crippen LogP contribution in [0.15, 0.2) is 55.1 Å². The number of hydrogen-bond acceptors (Lipinski definition) is 1. The van der Waals surface area contributed by atoms with E-state index in [0.29, 0.717) is 0 Å². The third-order valence-electron chi connectivity index (χ3n) is 5.03. The second kappa shape index (κ2) is 8.82. The van der Waals surface area contributed by atoms with Gasteiger partial charge in [-0.25, -0.2) is 0 Å². The highest BCUT2D eigenvalue weighted by Gasteiger charge is 2.39. The molecule has 1 atom stereocenters. The van der Waals surface area contributed by atoms with Crippen molar-refractivity contribution in [1.82, 2.24) is 0 Å². The quantitative estimate of drug-likeness (QED) is 0.299. The number of rotatable bonds is 9. The molecule has 0 aliphatic carbocycles. The number of hydrogen-bond donors (Lipinski definition) is 0. The highest BCUT2D eigenvalue weighted by Crippen LogP contribution is 2.40. The minimum absolute atomic E-state index is 0.0252. The molecule has 1 aromatic carbocycles. The molecule has 1 aromatic rings. The summed E-state index contributed by atoms with van der Waals surface area (Å²) >= 11 is 0. The van der Waals surface area contributed by atoms with Gasteiger partial charge in [0.05, 0.1) is 13.7 Å².